The number of anilines is 1. The van der Waals surface area contributed by atoms with Gasteiger partial charge < -0.3 is 4.74 Å². The Hall–Kier alpha value is -4.51. The lowest BCUT2D eigenvalue weighted by Gasteiger charge is -2.20. The van der Waals surface area contributed by atoms with Crippen LogP contribution in [0.15, 0.2) is 109 Å². The molecule has 0 aliphatic carbocycles. The predicted molar refractivity (Wildman–Crippen MR) is 124 cm³/mol. The van der Waals surface area contributed by atoms with Gasteiger partial charge in [-0.1, -0.05) is 78.9 Å². The van der Waals surface area contributed by atoms with Crippen LogP contribution in [0.5, 0.6) is 0 Å². The zero-order valence-electron chi connectivity index (χ0n) is 17.5. The van der Waals surface area contributed by atoms with Gasteiger partial charge in [-0.2, -0.15) is 0 Å². The van der Waals surface area contributed by atoms with Gasteiger partial charge in [-0.15, -0.1) is 0 Å². The normalized spacial score (nSPS) is 12.7. The number of fused-ring (bicyclic) bond motifs is 1. The SMILES string of the molecule is O=C(OC(c1ccccc1)c1ccccc1)c1cccc(N2C(=O)c3ccccc3C2=O)c1. The van der Waals surface area contributed by atoms with Crippen LogP contribution in [0, 0.1) is 0 Å². The van der Waals surface area contributed by atoms with Gasteiger partial charge in [-0.3, -0.25) is 9.59 Å². The van der Waals surface area contributed by atoms with Crippen molar-refractivity contribution in [3.63, 3.8) is 0 Å². The first-order chi connectivity index (χ1) is 16.1. The van der Waals surface area contributed by atoms with Gasteiger partial charge in [0.05, 0.1) is 22.4 Å². The Morgan fingerprint density at radius 1 is 0.636 bits per heavy atom. The third kappa shape index (κ3) is 3.81. The van der Waals surface area contributed by atoms with E-state index in [4.69, 9.17) is 4.74 Å². The number of carbonyl (C=O) groups excluding carboxylic acids is 3. The molecule has 0 atom stereocenters. The average Bonchev–Trinajstić information content (AvgIpc) is 3.13. The Morgan fingerprint density at radius 2 is 1.15 bits per heavy atom. The molecule has 1 aliphatic rings. The van der Waals surface area contributed by atoms with Crippen LogP contribution in [0.25, 0.3) is 0 Å². The fraction of sp³-hybridized carbons (Fsp3) is 0.0357. The van der Waals surface area contributed by atoms with Crippen molar-refractivity contribution in [3.05, 3.63) is 137 Å². The summed E-state index contributed by atoms with van der Waals surface area (Å²) in [5.41, 5.74) is 2.96. The standard InChI is InChI=1S/C28H19NO4/c30-26-23-16-7-8-17-24(23)27(31)29(26)22-15-9-14-21(18-22)28(32)33-25(19-10-3-1-4-11-19)20-12-5-2-6-13-20/h1-18,25H. The summed E-state index contributed by atoms with van der Waals surface area (Å²) >= 11 is 0. The summed E-state index contributed by atoms with van der Waals surface area (Å²) in [6, 6.07) is 32.0. The second-order valence-corrected chi connectivity index (χ2v) is 7.65. The van der Waals surface area contributed by atoms with Gasteiger partial charge in [-0.25, -0.2) is 9.69 Å². The second-order valence-electron chi connectivity index (χ2n) is 7.65. The lowest BCUT2D eigenvalue weighted by Crippen LogP contribution is -2.29. The first kappa shape index (κ1) is 20.4. The highest BCUT2D eigenvalue weighted by atomic mass is 16.5. The zero-order chi connectivity index (χ0) is 22.8. The smallest absolute Gasteiger partial charge is 0.339 e. The average molecular weight is 433 g/mol. The van der Waals surface area contributed by atoms with Gasteiger partial charge in [0.2, 0.25) is 0 Å². The first-order valence-electron chi connectivity index (χ1n) is 10.5. The fourth-order valence-corrected chi connectivity index (χ4v) is 3.95. The van der Waals surface area contributed by atoms with Gasteiger partial charge in [0, 0.05) is 0 Å². The van der Waals surface area contributed by atoms with Crippen molar-refractivity contribution in [1.82, 2.24) is 0 Å². The van der Waals surface area contributed by atoms with E-state index in [2.05, 4.69) is 0 Å². The summed E-state index contributed by atoms with van der Waals surface area (Å²) in [6.07, 6.45) is -0.595. The van der Waals surface area contributed by atoms with E-state index >= 15 is 0 Å². The molecule has 4 aromatic carbocycles. The molecule has 0 unspecified atom stereocenters. The quantitative estimate of drug-likeness (QED) is 0.311. The third-order valence-electron chi connectivity index (χ3n) is 5.56. The van der Waals surface area contributed by atoms with Crippen LogP contribution in [0.4, 0.5) is 5.69 Å². The number of carbonyl (C=O) groups is 3. The maximum atomic E-state index is 13.1. The number of rotatable bonds is 5. The number of hydrogen-bond donors (Lipinski definition) is 0. The summed E-state index contributed by atoms with van der Waals surface area (Å²) in [6.45, 7) is 0. The molecular weight excluding hydrogens is 414 g/mol. The van der Waals surface area contributed by atoms with Crippen LogP contribution in [-0.4, -0.2) is 17.8 Å². The molecule has 5 nitrogen and oxygen atoms in total. The molecule has 0 N–H and O–H groups in total. The second kappa shape index (κ2) is 8.55. The van der Waals surface area contributed by atoms with Gasteiger partial charge in [0.1, 0.15) is 0 Å². The molecule has 0 spiro atoms. The molecule has 5 heteroatoms. The minimum absolute atomic E-state index is 0.251. The maximum Gasteiger partial charge on any atom is 0.339 e. The van der Waals surface area contributed by atoms with Crippen LogP contribution in [-0.2, 0) is 4.74 Å². The molecule has 33 heavy (non-hydrogen) atoms. The van der Waals surface area contributed by atoms with E-state index in [1.54, 1.807) is 42.5 Å². The molecular formula is C28H19NO4. The molecule has 2 amide bonds. The molecule has 1 aliphatic heterocycles. The van der Waals surface area contributed by atoms with Gasteiger partial charge in [-0.05, 0) is 41.5 Å². The first-order valence-corrected chi connectivity index (χ1v) is 10.5. The van der Waals surface area contributed by atoms with E-state index in [0.717, 1.165) is 16.0 Å². The van der Waals surface area contributed by atoms with Crippen molar-refractivity contribution < 1.29 is 19.1 Å². The fourth-order valence-electron chi connectivity index (χ4n) is 3.95. The number of ether oxygens (including phenoxy) is 1. The lowest BCUT2D eigenvalue weighted by molar-refractivity contribution is 0.0377. The molecule has 0 fully saturated rings. The van der Waals surface area contributed by atoms with Crippen molar-refractivity contribution in [2.45, 2.75) is 6.10 Å². The highest BCUT2D eigenvalue weighted by Crippen LogP contribution is 2.30. The maximum absolute atomic E-state index is 13.1. The van der Waals surface area contributed by atoms with E-state index in [1.165, 1.54) is 6.07 Å². The van der Waals surface area contributed by atoms with Crippen molar-refractivity contribution in [2.24, 2.45) is 0 Å². The molecule has 160 valence electrons. The van der Waals surface area contributed by atoms with Crippen molar-refractivity contribution in [1.29, 1.82) is 0 Å². The summed E-state index contributed by atoms with van der Waals surface area (Å²) < 4.78 is 5.91. The van der Waals surface area contributed by atoms with E-state index < -0.39 is 23.9 Å². The minimum atomic E-state index is -0.595. The highest BCUT2D eigenvalue weighted by molar-refractivity contribution is 6.34. The van der Waals surface area contributed by atoms with Crippen LogP contribution in [0.1, 0.15) is 48.3 Å². The predicted octanol–water partition coefficient (Wildman–Crippen LogP) is 5.43. The molecule has 0 aromatic heterocycles. The monoisotopic (exact) mass is 433 g/mol. The topological polar surface area (TPSA) is 63.7 Å². The molecule has 5 rings (SSSR count). The number of amides is 2. The van der Waals surface area contributed by atoms with E-state index in [9.17, 15) is 14.4 Å². The van der Waals surface area contributed by atoms with Crippen molar-refractivity contribution in [3.8, 4) is 0 Å². The number of esters is 1. The Kier molecular flexibility index (Phi) is 5.29. The molecule has 1 heterocycles. The van der Waals surface area contributed by atoms with Crippen molar-refractivity contribution >= 4 is 23.5 Å². The molecule has 0 bridgehead atoms. The molecule has 0 saturated heterocycles. The summed E-state index contributed by atoms with van der Waals surface area (Å²) in [4.78, 5) is 39.9. The largest absolute Gasteiger partial charge is 0.449 e. The Morgan fingerprint density at radius 3 is 1.70 bits per heavy atom. The summed E-state index contributed by atoms with van der Waals surface area (Å²) in [5, 5.41) is 0. The van der Waals surface area contributed by atoms with E-state index in [-0.39, 0.29) is 5.56 Å². The number of imide groups is 1. The minimum Gasteiger partial charge on any atom is -0.449 e. The third-order valence-corrected chi connectivity index (χ3v) is 5.56. The molecule has 0 saturated carbocycles. The van der Waals surface area contributed by atoms with E-state index in [0.29, 0.717) is 16.8 Å². The zero-order valence-corrected chi connectivity index (χ0v) is 17.5. The van der Waals surface area contributed by atoms with Crippen LogP contribution >= 0.6 is 0 Å². The van der Waals surface area contributed by atoms with Crippen LogP contribution in [0.3, 0.4) is 0 Å². The number of nitrogens with zero attached hydrogens (tertiary/aromatic N) is 1. The number of benzene rings is 4. The lowest BCUT2D eigenvalue weighted by atomic mass is 10.0. The molecule has 0 radical (unpaired) electrons. The van der Waals surface area contributed by atoms with Gasteiger partial charge >= 0.3 is 5.97 Å². The Balaban J connectivity index is 1.45. The van der Waals surface area contributed by atoms with Crippen molar-refractivity contribution in [2.75, 3.05) is 4.90 Å². The number of hydrogen-bond acceptors (Lipinski definition) is 4. The van der Waals surface area contributed by atoms with Gasteiger partial charge in [0.25, 0.3) is 11.8 Å². The van der Waals surface area contributed by atoms with Gasteiger partial charge in [0.15, 0.2) is 6.10 Å². The van der Waals surface area contributed by atoms with Crippen LogP contribution in [0.2, 0.25) is 0 Å². The Labute approximate surface area is 190 Å². The van der Waals surface area contributed by atoms with Crippen LogP contribution < -0.4 is 4.90 Å². The Bertz CT molecular complexity index is 1270. The molecule has 4 aromatic rings. The summed E-state index contributed by atoms with van der Waals surface area (Å²) in [5.74, 6) is -1.37. The summed E-state index contributed by atoms with van der Waals surface area (Å²) in [7, 11) is 0. The highest BCUT2D eigenvalue weighted by Gasteiger charge is 2.36. The van der Waals surface area contributed by atoms with E-state index in [1.807, 2.05) is 60.7 Å².